The molecule has 0 saturated carbocycles. The minimum atomic E-state index is -0.588. The van der Waals surface area contributed by atoms with Crippen LogP contribution < -0.4 is 10.6 Å². The summed E-state index contributed by atoms with van der Waals surface area (Å²) in [6, 6.07) is 25.1. The van der Waals surface area contributed by atoms with E-state index in [9.17, 15) is 5.11 Å². The third-order valence-corrected chi connectivity index (χ3v) is 4.62. The fraction of sp³-hybridized carbons (Fsp3) is 0.174. The number of rotatable bonds is 8. The van der Waals surface area contributed by atoms with Gasteiger partial charge in [0, 0.05) is 30.3 Å². The van der Waals surface area contributed by atoms with E-state index in [0.29, 0.717) is 23.7 Å². The Hall–Kier alpha value is -2.26. The third kappa shape index (κ3) is 7.53. The fourth-order valence-corrected chi connectivity index (χ4v) is 3.14. The maximum atomic E-state index is 10.2. The molecule has 158 valence electrons. The summed E-state index contributed by atoms with van der Waals surface area (Å²) in [7, 11) is 0. The molecule has 0 aromatic heterocycles. The average Bonchev–Trinajstić information content (AvgIpc) is 2.73. The highest BCUT2D eigenvalue weighted by atomic mass is 35.5. The second-order valence-electron chi connectivity index (χ2n) is 6.48. The van der Waals surface area contributed by atoms with Crippen molar-refractivity contribution < 1.29 is 5.11 Å². The third-order valence-electron chi connectivity index (χ3n) is 4.39. The van der Waals surface area contributed by atoms with Crippen molar-refractivity contribution in [3.8, 4) is 17.2 Å². The zero-order chi connectivity index (χ0) is 19.8. The minimum Gasteiger partial charge on any atom is -0.387 e. The van der Waals surface area contributed by atoms with Crippen LogP contribution in [0.5, 0.6) is 0 Å². The van der Waals surface area contributed by atoms with Crippen molar-refractivity contribution in [1.29, 1.82) is 5.26 Å². The molecule has 7 heteroatoms. The smallest absolute Gasteiger partial charge is 0.0991 e. The molecule has 0 aliphatic rings. The molecule has 0 aliphatic heterocycles. The fourth-order valence-electron chi connectivity index (χ4n) is 2.94. The van der Waals surface area contributed by atoms with Gasteiger partial charge in [0.05, 0.1) is 17.7 Å². The van der Waals surface area contributed by atoms with Crippen LogP contribution in [-0.4, -0.2) is 24.7 Å². The van der Waals surface area contributed by atoms with Crippen molar-refractivity contribution in [2.45, 2.75) is 6.10 Å². The Morgan fingerprint density at radius 1 is 0.900 bits per heavy atom. The van der Waals surface area contributed by atoms with Crippen molar-refractivity contribution in [3.63, 3.8) is 0 Å². The van der Waals surface area contributed by atoms with Gasteiger partial charge in [-0.15, -0.1) is 24.8 Å². The number of aliphatic hydroxyl groups is 1. The Balaban J connectivity index is 0.00000225. The van der Waals surface area contributed by atoms with E-state index in [1.807, 2.05) is 48.5 Å². The van der Waals surface area contributed by atoms with Gasteiger partial charge < -0.3 is 15.7 Å². The molecular weight excluding hydrogens is 441 g/mol. The first-order valence-electron chi connectivity index (χ1n) is 9.14. The lowest BCUT2D eigenvalue weighted by atomic mass is 10.0. The normalized spacial score (nSPS) is 10.8. The first-order chi connectivity index (χ1) is 13.7. The SMILES string of the molecule is Cl.Cl.N#Cc1cccc(-c2cccc(NCCNC[C@H](O)c3cccc(Cl)c3)c2)c1. The lowest BCUT2D eigenvalue weighted by Gasteiger charge is -2.13. The molecule has 0 amide bonds. The summed E-state index contributed by atoms with van der Waals surface area (Å²) in [6.45, 7) is 1.90. The van der Waals surface area contributed by atoms with Gasteiger partial charge >= 0.3 is 0 Å². The summed E-state index contributed by atoms with van der Waals surface area (Å²) in [4.78, 5) is 0. The van der Waals surface area contributed by atoms with Crippen molar-refractivity contribution >= 4 is 42.1 Å². The van der Waals surface area contributed by atoms with Crippen LogP contribution in [0.1, 0.15) is 17.2 Å². The second-order valence-corrected chi connectivity index (χ2v) is 6.91. The minimum absolute atomic E-state index is 0. The molecule has 0 heterocycles. The number of nitrogens with one attached hydrogen (secondary N) is 2. The zero-order valence-electron chi connectivity index (χ0n) is 16.2. The quantitative estimate of drug-likeness (QED) is 0.387. The Labute approximate surface area is 194 Å². The molecular formula is C23H24Cl3N3O. The molecule has 3 rings (SSSR count). The van der Waals surface area contributed by atoms with Crippen LogP contribution in [0.25, 0.3) is 11.1 Å². The average molecular weight is 465 g/mol. The van der Waals surface area contributed by atoms with E-state index < -0.39 is 6.10 Å². The van der Waals surface area contributed by atoms with Crippen molar-refractivity contribution in [1.82, 2.24) is 5.32 Å². The zero-order valence-corrected chi connectivity index (χ0v) is 18.6. The number of hydrogen-bond donors (Lipinski definition) is 3. The Morgan fingerprint density at radius 3 is 2.33 bits per heavy atom. The van der Waals surface area contributed by atoms with Crippen molar-refractivity contribution in [3.05, 3.63) is 88.9 Å². The monoisotopic (exact) mass is 463 g/mol. The van der Waals surface area contributed by atoms with Gasteiger partial charge in [0.15, 0.2) is 0 Å². The van der Waals surface area contributed by atoms with Crippen molar-refractivity contribution in [2.24, 2.45) is 0 Å². The van der Waals surface area contributed by atoms with Gasteiger partial charge in [-0.2, -0.15) is 5.26 Å². The van der Waals surface area contributed by atoms with E-state index in [-0.39, 0.29) is 24.8 Å². The van der Waals surface area contributed by atoms with Crippen LogP contribution in [0.2, 0.25) is 5.02 Å². The van der Waals surface area contributed by atoms with E-state index >= 15 is 0 Å². The standard InChI is InChI=1S/C23H22ClN3O.2ClH/c24-21-8-2-7-20(13-21)23(28)16-26-10-11-27-22-9-3-6-19(14-22)18-5-1-4-17(12-18)15-25;;/h1-9,12-14,23,26-28H,10-11,16H2;2*1H/t23-;;/m0../s1. The number of nitriles is 1. The first kappa shape index (κ1) is 25.8. The Morgan fingerprint density at radius 2 is 1.60 bits per heavy atom. The number of hydrogen-bond acceptors (Lipinski definition) is 4. The number of benzene rings is 3. The van der Waals surface area contributed by atoms with Crippen molar-refractivity contribution in [2.75, 3.05) is 25.0 Å². The number of anilines is 1. The maximum Gasteiger partial charge on any atom is 0.0991 e. The molecule has 0 unspecified atom stereocenters. The van der Waals surface area contributed by atoms with Crippen LogP contribution in [0.4, 0.5) is 5.69 Å². The molecule has 0 radical (unpaired) electrons. The van der Waals surface area contributed by atoms with E-state index in [4.69, 9.17) is 16.9 Å². The molecule has 0 aliphatic carbocycles. The van der Waals surface area contributed by atoms with Crippen LogP contribution in [0.15, 0.2) is 72.8 Å². The predicted molar refractivity (Wildman–Crippen MR) is 129 cm³/mol. The molecule has 3 aromatic carbocycles. The largest absolute Gasteiger partial charge is 0.387 e. The van der Waals surface area contributed by atoms with E-state index in [0.717, 1.165) is 28.9 Å². The van der Waals surface area contributed by atoms with Gasteiger partial charge in [0.1, 0.15) is 0 Å². The summed E-state index contributed by atoms with van der Waals surface area (Å²) in [6.07, 6.45) is -0.588. The lowest BCUT2D eigenvalue weighted by Crippen LogP contribution is -2.26. The van der Waals surface area contributed by atoms with E-state index in [1.165, 1.54) is 0 Å². The Kier molecular flexibility index (Phi) is 11.3. The highest BCUT2D eigenvalue weighted by Crippen LogP contribution is 2.23. The number of aliphatic hydroxyl groups excluding tert-OH is 1. The van der Waals surface area contributed by atoms with Gasteiger partial charge in [-0.3, -0.25) is 0 Å². The summed E-state index contributed by atoms with van der Waals surface area (Å²) < 4.78 is 0. The maximum absolute atomic E-state index is 10.2. The van der Waals surface area contributed by atoms with Crippen LogP contribution in [0, 0.1) is 11.3 Å². The first-order valence-corrected chi connectivity index (χ1v) is 9.52. The van der Waals surface area contributed by atoms with Gasteiger partial charge in [-0.1, -0.05) is 48.0 Å². The molecule has 0 bridgehead atoms. The van der Waals surface area contributed by atoms with Gasteiger partial charge in [-0.25, -0.2) is 0 Å². The van der Waals surface area contributed by atoms with Crippen LogP contribution in [-0.2, 0) is 0 Å². The molecule has 0 fully saturated rings. The van der Waals surface area contributed by atoms with Crippen LogP contribution in [0.3, 0.4) is 0 Å². The summed E-state index contributed by atoms with van der Waals surface area (Å²) >= 11 is 5.96. The van der Waals surface area contributed by atoms with Gasteiger partial charge in [0.25, 0.3) is 0 Å². The molecule has 30 heavy (non-hydrogen) atoms. The molecule has 4 nitrogen and oxygen atoms in total. The summed E-state index contributed by atoms with van der Waals surface area (Å²) in [5.74, 6) is 0. The number of nitrogens with zero attached hydrogens (tertiary/aromatic N) is 1. The highest BCUT2D eigenvalue weighted by Gasteiger charge is 2.07. The molecule has 3 N–H and O–H groups in total. The topological polar surface area (TPSA) is 68.1 Å². The number of halogens is 3. The Bertz CT molecular complexity index is 976. The molecule has 1 atom stereocenters. The summed E-state index contributed by atoms with van der Waals surface area (Å²) in [5, 5.41) is 26.5. The van der Waals surface area contributed by atoms with Gasteiger partial charge in [-0.05, 0) is 53.1 Å². The molecule has 3 aromatic rings. The predicted octanol–water partition coefficient (Wildman–Crippen LogP) is 5.46. The molecule has 0 spiro atoms. The lowest BCUT2D eigenvalue weighted by molar-refractivity contribution is 0.175. The summed E-state index contributed by atoms with van der Waals surface area (Å²) in [5.41, 5.74) is 4.55. The highest BCUT2D eigenvalue weighted by molar-refractivity contribution is 6.30. The van der Waals surface area contributed by atoms with E-state index in [2.05, 4.69) is 22.8 Å². The molecule has 0 saturated heterocycles. The second kappa shape index (κ2) is 13.1. The van der Waals surface area contributed by atoms with Gasteiger partial charge in [0.2, 0.25) is 0 Å². The van der Waals surface area contributed by atoms with Crippen LogP contribution >= 0.6 is 36.4 Å². The van der Waals surface area contributed by atoms with E-state index in [1.54, 1.807) is 18.2 Å².